The largest absolute Gasteiger partial charge is 0.508 e. The summed E-state index contributed by atoms with van der Waals surface area (Å²) < 4.78 is 5.41. The Morgan fingerprint density at radius 1 is 1.07 bits per heavy atom. The zero-order valence-electron chi connectivity index (χ0n) is 15.8. The Bertz CT molecular complexity index is 1000. The van der Waals surface area contributed by atoms with Crippen LogP contribution in [0.15, 0.2) is 47.0 Å². The van der Waals surface area contributed by atoms with Crippen molar-refractivity contribution in [1.82, 2.24) is 10.1 Å². The standard InChI is InChI=1S/C22H23N3O3/c1-22(11-3-2-4-12-22)17-13-16(9-10-18(17)26)20-24-21(28-25-20)15-7-5-14(6-8-15)19(23)27/h5-10,13,26H,2-4,11-12H2,1H3,(H2,23,27). The van der Waals surface area contributed by atoms with Gasteiger partial charge in [0.05, 0.1) is 0 Å². The number of phenols is 1. The van der Waals surface area contributed by atoms with Crippen LogP contribution in [0.25, 0.3) is 22.8 Å². The average molecular weight is 377 g/mol. The normalized spacial score (nSPS) is 16.0. The van der Waals surface area contributed by atoms with E-state index in [1.54, 1.807) is 36.4 Å². The van der Waals surface area contributed by atoms with Gasteiger partial charge in [-0.05, 0) is 60.7 Å². The summed E-state index contributed by atoms with van der Waals surface area (Å²) in [7, 11) is 0. The molecule has 4 rings (SSSR count). The van der Waals surface area contributed by atoms with Gasteiger partial charge in [-0.1, -0.05) is 31.3 Å². The predicted octanol–water partition coefficient (Wildman–Crippen LogP) is 4.43. The molecule has 1 fully saturated rings. The Balaban J connectivity index is 1.65. The van der Waals surface area contributed by atoms with Crippen molar-refractivity contribution in [3.63, 3.8) is 0 Å². The average Bonchev–Trinajstić information content (AvgIpc) is 3.19. The molecule has 6 nitrogen and oxygen atoms in total. The summed E-state index contributed by atoms with van der Waals surface area (Å²) in [4.78, 5) is 15.7. The van der Waals surface area contributed by atoms with Crippen LogP contribution in [0.5, 0.6) is 5.75 Å². The smallest absolute Gasteiger partial charge is 0.258 e. The highest BCUT2D eigenvalue weighted by Gasteiger charge is 2.31. The minimum atomic E-state index is -0.481. The van der Waals surface area contributed by atoms with Gasteiger partial charge < -0.3 is 15.4 Å². The third-order valence-corrected chi connectivity index (χ3v) is 5.70. The van der Waals surface area contributed by atoms with Crippen LogP contribution in [0.3, 0.4) is 0 Å². The molecule has 1 aromatic heterocycles. The molecule has 0 saturated heterocycles. The summed E-state index contributed by atoms with van der Waals surface area (Å²) in [6.45, 7) is 2.22. The Morgan fingerprint density at radius 3 is 2.43 bits per heavy atom. The number of amides is 1. The first-order valence-electron chi connectivity index (χ1n) is 9.54. The molecule has 1 heterocycles. The van der Waals surface area contributed by atoms with E-state index in [1.165, 1.54) is 19.3 Å². The Labute approximate surface area is 163 Å². The van der Waals surface area contributed by atoms with Crippen LogP contribution in [0.2, 0.25) is 0 Å². The van der Waals surface area contributed by atoms with Crippen molar-refractivity contribution in [3.05, 3.63) is 53.6 Å². The van der Waals surface area contributed by atoms with Crippen LogP contribution in [0.4, 0.5) is 0 Å². The summed E-state index contributed by atoms with van der Waals surface area (Å²) in [5.74, 6) is 0.670. The van der Waals surface area contributed by atoms with Crippen LogP contribution >= 0.6 is 0 Å². The van der Waals surface area contributed by atoms with Gasteiger partial charge >= 0.3 is 0 Å². The number of carbonyl (C=O) groups is 1. The minimum absolute atomic E-state index is 0.0322. The molecule has 0 aliphatic heterocycles. The van der Waals surface area contributed by atoms with Crippen LogP contribution in [-0.4, -0.2) is 21.2 Å². The Morgan fingerprint density at radius 2 is 1.75 bits per heavy atom. The van der Waals surface area contributed by atoms with E-state index in [4.69, 9.17) is 10.3 Å². The number of hydrogen-bond acceptors (Lipinski definition) is 5. The maximum atomic E-state index is 11.2. The van der Waals surface area contributed by atoms with Gasteiger partial charge in [0, 0.05) is 22.3 Å². The highest BCUT2D eigenvalue weighted by atomic mass is 16.5. The lowest BCUT2D eigenvalue weighted by Gasteiger charge is -2.34. The molecule has 0 atom stereocenters. The van der Waals surface area contributed by atoms with Gasteiger partial charge in [-0.25, -0.2) is 0 Å². The maximum absolute atomic E-state index is 11.2. The number of rotatable bonds is 4. The number of aromatic nitrogens is 2. The lowest BCUT2D eigenvalue weighted by atomic mass is 9.70. The molecular weight excluding hydrogens is 354 g/mol. The fourth-order valence-corrected chi connectivity index (χ4v) is 4.00. The van der Waals surface area contributed by atoms with E-state index in [0.29, 0.717) is 28.6 Å². The van der Waals surface area contributed by atoms with Crippen LogP contribution < -0.4 is 5.73 Å². The second-order valence-corrected chi connectivity index (χ2v) is 7.72. The van der Waals surface area contributed by atoms with Gasteiger partial charge in [-0.15, -0.1) is 0 Å². The van der Waals surface area contributed by atoms with Gasteiger partial charge in [-0.3, -0.25) is 4.79 Å². The summed E-state index contributed by atoms with van der Waals surface area (Å²) in [5.41, 5.74) is 8.13. The molecule has 0 bridgehead atoms. The molecule has 3 aromatic rings. The van der Waals surface area contributed by atoms with Crippen molar-refractivity contribution in [2.24, 2.45) is 5.73 Å². The fraction of sp³-hybridized carbons (Fsp3) is 0.318. The van der Waals surface area contributed by atoms with E-state index in [-0.39, 0.29) is 5.41 Å². The van der Waals surface area contributed by atoms with Crippen molar-refractivity contribution in [2.75, 3.05) is 0 Å². The number of nitrogens with zero attached hydrogens (tertiary/aromatic N) is 2. The summed E-state index contributed by atoms with van der Waals surface area (Å²) in [6.07, 6.45) is 5.72. The molecule has 0 radical (unpaired) electrons. The molecule has 3 N–H and O–H groups in total. The van der Waals surface area contributed by atoms with Crippen molar-refractivity contribution in [1.29, 1.82) is 0 Å². The van der Waals surface area contributed by atoms with E-state index >= 15 is 0 Å². The third-order valence-electron chi connectivity index (χ3n) is 5.70. The first kappa shape index (κ1) is 18.2. The molecule has 1 aliphatic carbocycles. The van der Waals surface area contributed by atoms with E-state index in [2.05, 4.69) is 17.1 Å². The summed E-state index contributed by atoms with van der Waals surface area (Å²) in [6, 6.07) is 12.2. The molecule has 0 unspecified atom stereocenters. The molecule has 1 aliphatic rings. The number of hydrogen-bond donors (Lipinski definition) is 2. The Hall–Kier alpha value is -3.15. The predicted molar refractivity (Wildman–Crippen MR) is 106 cm³/mol. The highest BCUT2D eigenvalue weighted by Crippen LogP contribution is 2.43. The third kappa shape index (κ3) is 3.38. The zero-order valence-corrected chi connectivity index (χ0v) is 15.8. The summed E-state index contributed by atoms with van der Waals surface area (Å²) in [5, 5.41) is 14.6. The monoisotopic (exact) mass is 377 g/mol. The van der Waals surface area contributed by atoms with Gasteiger partial charge in [0.2, 0.25) is 11.7 Å². The molecule has 0 spiro atoms. The second kappa shape index (κ2) is 7.11. The van der Waals surface area contributed by atoms with Crippen LogP contribution in [0, 0.1) is 0 Å². The molecular formula is C22H23N3O3. The van der Waals surface area contributed by atoms with Crippen molar-refractivity contribution < 1.29 is 14.4 Å². The van der Waals surface area contributed by atoms with Crippen LogP contribution in [-0.2, 0) is 5.41 Å². The van der Waals surface area contributed by atoms with E-state index < -0.39 is 5.91 Å². The second-order valence-electron chi connectivity index (χ2n) is 7.72. The fourth-order valence-electron chi connectivity index (χ4n) is 4.00. The Kier molecular flexibility index (Phi) is 4.63. The first-order valence-corrected chi connectivity index (χ1v) is 9.54. The zero-order chi connectivity index (χ0) is 19.7. The summed E-state index contributed by atoms with van der Waals surface area (Å²) >= 11 is 0. The first-order chi connectivity index (χ1) is 13.5. The molecule has 144 valence electrons. The van der Waals surface area contributed by atoms with E-state index in [1.807, 2.05) is 6.07 Å². The topological polar surface area (TPSA) is 102 Å². The molecule has 28 heavy (non-hydrogen) atoms. The van der Waals surface area contributed by atoms with Crippen molar-refractivity contribution >= 4 is 5.91 Å². The highest BCUT2D eigenvalue weighted by molar-refractivity contribution is 5.93. The van der Waals surface area contributed by atoms with Crippen LogP contribution in [0.1, 0.15) is 54.9 Å². The van der Waals surface area contributed by atoms with Gasteiger partial charge in [0.1, 0.15) is 5.75 Å². The SMILES string of the molecule is CC1(c2cc(-c3noc(-c4ccc(C(N)=O)cc4)n3)ccc2O)CCCCC1. The number of primary amides is 1. The molecule has 1 amide bonds. The number of benzene rings is 2. The lowest BCUT2D eigenvalue weighted by molar-refractivity contribution is 0.100. The number of nitrogens with two attached hydrogens (primary N) is 1. The van der Waals surface area contributed by atoms with Crippen molar-refractivity contribution in [3.8, 4) is 28.6 Å². The lowest BCUT2D eigenvalue weighted by Crippen LogP contribution is -2.25. The molecule has 1 saturated carbocycles. The van der Waals surface area contributed by atoms with Crippen molar-refractivity contribution in [2.45, 2.75) is 44.4 Å². The number of phenolic OH excluding ortho intramolecular Hbond substituents is 1. The van der Waals surface area contributed by atoms with E-state index in [0.717, 1.165) is 24.0 Å². The van der Waals surface area contributed by atoms with Gasteiger partial charge in [0.25, 0.3) is 5.89 Å². The minimum Gasteiger partial charge on any atom is -0.508 e. The quantitative estimate of drug-likeness (QED) is 0.700. The van der Waals surface area contributed by atoms with E-state index in [9.17, 15) is 9.90 Å². The van der Waals surface area contributed by atoms with Gasteiger partial charge in [-0.2, -0.15) is 4.98 Å². The number of carbonyl (C=O) groups excluding carboxylic acids is 1. The number of aromatic hydroxyl groups is 1. The van der Waals surface area contributed by atoms with Gasteiger partial charge in [0.15, 0.2) is 0 Å². The molecule has 2 aromatic carbocycles. The molecule has 6 heteroatoms. The maximum Gasteiger partial charge on any atom is 0.258 e.